The molecule has 3 aromatic rings. The molecule has 30 heavy (non-hydrogen) atoms. The lowest BCUT2D eigenvalue weighted by molar-refractivity contribution is -0.147. The molecule has 0 amide bonds. The van der Waals surface area contributed by atoms with Gasteiger partial charge in [-0.05, 0) is 29.3 Å². The van der Waals surface area contributed by atoms with E-state index in [1.165, 1.54) is 0 Å². The van der Waals surface area contributed by atoms with E-state index in [4.69, 9.17) is 14.2 Å². The fraction of sp³-hybridized carbons (Fsp3) is 0.200. The van der Waals surface area contributed by atoms with Gasteiger partial charge in [-0.1, -0.05) is 60.7 Å². The van der Waals surface area contributed by atoms with Crippen molar-refractivity contribution in [3.05, 3.63) is 95.6 Å². The largest absolute Gasteiger partial charge is 0.486 e. The maximum atomic E-state index is 12.6. The normalized spacial score (nSPS) is 12.4. The van der Waals surface area contributed by atoms with Crippen molar-refractivity contribution in [3.8, 4) is 11.5 Å². The quantitative estimate of drug-likeness (QED) is 0.421. The van der Waals surface area contributed by atoms with Gasteiger partial charge in [-0.2, -0.15) is 0 Å². The average Bonchev–Trinajstić information content (AvgIpc) is 2.81. The second kappa shape index (κ2) is 9.27. The lowest BCUT2D eigenvalue weighted by Gasteiger charge is -2.19. The molecule has 0 saturated carbocycles. The Hall–Kier alpha value is -3.60. The van der Waals surface area contributed by atoms with Crippen molar-refractivity contribution >= 4 is 11.8 Å². The maximum Gasteiger partial charge on any atom is 0.307 e. The molecule has 1 heterocycles. The standard InChI is InChI=1S/C25H22O5/c26-21(20-11-13-22-23(17-20)29-16-15-28-22)12-14-24(27)30-25(18-7-3-1-4-8-18)19-9-5-2-6-10-19/h1-11,13,17,25H,12,14-16H2. The maximum absolute atomic E-state index is 12.6. The minimum absolute atomic E-state index is 0.00342. The zero-order valence-electron chi connectivity index (χ0n) is 16.5. The van der Waals surface area contributed by atoms with Crippen LogP contribution in [0.5, 0.6) is 11.5 Å². The molecule has 4 rings (SSSR count). The highest BCUT2D eigenvalue weighted by Gasteiger charge is 2.20. The smallest absolute Gasteiger partial charge is 0.307 e. The van der Waals surface area contributed by atoms with Crippen molar-refractivity contribution in [1.29, 1.82) is 0 Å². The second-order valence-electron chi connectivity index (χ2n) is 6.97. The molecule has 0 aromatic heterocycles. The van der Waals surface area contributed by atoms with Gasteiger partial charge >= 0.3 is 5.97 Å². The van der Waals surface area contributed by atoms with Crippen LogP contribution in [0.15, 0.2) is 78.9 Å². The number of esters is 1. The van der Waals surface area contributed by atoms with Gasteiger partial charge in [-0.15, -0.1) is 0 Å². The molecule has 0 fully saturated rings. The average molecular weight is 402 g/mol. The van der Waals surface area contributed by atoms with Gasteiger partial charge in [-0.25, -0.2) is 0 Å². The van der Waals surface area contributed by atoms with Crippen LogP contribution in [-0.2, 0) is 9.53 Å². The molecule has 0 bridgehead atoms. The molecule has 0 atom stereocenters. The molecule has 152 valence electrons. The molecular weight excluding hydrogens is 380 g/mol. The van der Waals surface area contributed by atoms with E-state index >= 15 is 0 Å². The second-order valence-corrected chi connectivity index (χ2v) is 6.97. The number of benzene rings is 3. The zero-order valence-corrected chi connectivity index (χ0v) is 16.5. The van der Waals surface area contributed by atoms with Gasteiger partial charge in [0.25, 0.3) is 0 Å². The van der Waals surface area contributed by atoms with Gasteiger partial charge in [0.05, 0.1) is 6.42 Å². The van der Waals surface area contributed by atoms with Crippen molar-refractivity contribution in [2.24, 2.45) is 0 Å². The first-order valence-corrected chi connectivity index (χ1v) is 9.93. The number of carbonyl (C=O) groups is 2. The van der Waals surface area contributed by atoms with Crippen LogP contribution in [0, 0.1) is 0 Å². The number of carbonyl (C=O) groups excluding carboxylic acids is 2. The summed E-state index contributed by atoms with van der Waals surface area (Å²) >= 11 is 0. The van der Waals surface area contributed by atoms with E-state index in [0.717, 1.165) is 11.1 Å². The molecule has 0 saturated heterocycles. The Bertz CT molecular complexity index is 975. The monoisotopic (exact) mass is 402 g/mol. The number of rotatable bonds is 7. The van der Waals surface area contributed by atoms with Crippen LogP contribution in [0.3, 0.4) is 0 Å². The topological polar surface area (TPSA) is 61.8 Å². The summed E-state index contributed by atoms with van der Waals surface area (Å²) in [5.74, 6) is 0.632. The predicted molar refractivity (Wildman–Crippen MR) is 112 cm³/mol. The summed E-state index contributed by atoms with van der Waals surface area (Å²) in [6.45, 7) is 0.952. The van der Waals surface area contributed by atoms with E-state index in [1.807, 2.05) is 60.7 Å². The Morgan fingerprint density at radius 3 is 2.00 bits per heavy atom. The van der Waals surface area contributed by atoms with E-state index in [-0.39, 0.29) is 18.6 Å². The number of hydrogen-bond donors (Lipinski definition) is 0. The third-order valence-electron chi connectivity index (χ3n) is 4.87. The molecule has 1 aliphatic rings. The van der Waals surface area contributed by atoms with Crippen LogP contribution >= 0.6 is 0 Å². The minimum atomic E-state index is -0.510. The molecule has 0 aliphatic carbocycles. The number of hydrogen-bond acceptors (Lipinski definition) is 5. The Balaban J connectivity index is 1.41. The lowest BCUT2D eigenvalue weighted by Crippen LogP contribution is -2.16. The number of ketones is 1. The molecule has 3 aromatic carbocycles. The third-order valence-corrected chi connectivity index (χ3v) is 4.87. The minimum Gasteiger partial charge on any atom is -0.486 e. The van der Waals surface area contributed by atoms with Crippen LogP contribution in [0.4, 0.5) is 0 Å². The summed E-state index contributed by atoms with van der Waals surface area (Å²) in [6, 6.07) is 24.2. The van der Waals surface area contributed by atoms with Crippen molar-refractivity contribution in [1.82, 2.24) is 0 Å². The van der Waals surface area contributed by atoms with E-state index < -0.39 is 12.1 Å². The van der Waals surface area contributed by atoms with Crippen LogP contribution in [-0.4, -0.2) is 25.0 Å². The first-order chi connectivity index (χ1) is 14.7. The van der Waals surface area contributed by atoms with E-state index in [0.29, 0.717) is 30.3 Å². The van der Waals surface area contributed by atoms with Gasteiger partial charge in [0, 0.05) is 12.0 Å². The van der Waals surface area contributed by atoms with Crippen molar-refractivity contribution in [3.63, 3.8) is 0 Å². The van der Waals surface area contributed by atoms with Crippen LogP contribution < -0.4 is 9.47 Å². The van der Waals surface area contributed by atoms with Crippen LogP contribution in [0.25, 0.3) is 0 Å². The molecule has 5 heteroatoms. The molecule has 5 nitrogen and oxygen atoms in total. The highest BCUT2D eigenvalue weighted by Crippen LogP contribution is 2.31. The highest BCUT2D eigenvalue weighted by molar-refractivity contribution is 5.98. The van der Waals surface area contributed by atoms with Gasteiger partial charge in [0.2, 0.25) is 0 Å². The Labute approximate surface area is 175 Å². The molecular formula is C25H22O5. The summed E-state index contributed by atoms with van der Waals surface area (Å²) in [7, 11) is 0. The van der Waals surface area contributed by atoms with Crippen LogP contribution in [0.2, 0.25) is 0 Å². The Morgan fingerprint density at radius 2 is 1.37 bits per heavy atom. The molecule has 0 radical (unpaired) electrons. The van der Waals surface area contributed by atoms with Gasteiger partial charge in [0.1, 0.15) is 13.2 Å². The summed E-state index contributed by atoms with van der Waals surface area (Å²) in [5.41, 5.74) is 2.26. The van der Waals surface area contributed by atoms with Crippen LogP contribution in [0.1, 0.15) is 40.4 Å². The summed E-state index contributed by atoms with van der Waals surface area (Å²) in [4.78, 5) is 25.1. The van der Waals surface area contributed by atoms with Crippen molar-refractivity contribution in [2.45, 2.75) is 18.9 Å². The van der Waals surface area contributed by atoms with E-state index in [1.54, 1.807) is 18.2 Å². The number of Topliss-reactive ketones (excluding diaryl/α,β-unsaturated/α-hetero) is 1. The number of ether oxygens (including phenoxy) is 3. The third kappa shape index (κ3) is 4.69. The molecule has 1 aliphatic heterocycles. The lowest BCUT2D eigenvalue weighted by atomic mass is 10.0. The SMILES string of the molecule is O=C(CCC(=O)c1ccc2c(c1)OCCO2)OC(c1ccccc1)c1ccccc1. The van der Waals surface area contributed by atoms with Gasteiger partial charge in [0.15, 0.2) is 23.4 Å². The van der Waals surface area contributed by atoms with Crippen molar-refractivity contribution < 1.29 is 23.8 Å². The van der Waals surface area contributed by atoms with E-state index in [9.17, 15) is 9.59 Å². The fourth-order valence-corrected chi connectivity index (χ4v) is 3.35. The molecule has 0 N–H and O–H groups in total. The first-order valence-electron chi connectivity index (χ1n) is 9.93. The van der Waals surface area contributed by atoms with Gasteiger partial charge in [-0.3, -0.25) is 9.59 Å². The highest BCUT2D eigenvalue weighted by atomic mass is 16.6. The molecule has 0 unspecified atom stereocenters. The Kier molecular flexibility index (Phi) is 6.09. The first kappa shape index (κ1) is 19.7. The summed E-state index contributed by atoms with van der Waals surface area (Å²) < 4.78 is 16.8. The predicted octanol–water partition coefficient (Wildman–Crippen LogP) is 4.75. The summed E-state index contributed by atoms with van der Waals surface area (Å²) in [5, 5.41) is 0. The van der Waals surface area contributed by atoms with Gasteiger partial charge < -0.3 is 14.2 Å². The molecule has 0 spiro atoms. The fourth-order valence-electron chi connectivity index (χ4n) is 3.35. The Morgan fingerprint density at radius 1 is 0.767 bits per heavy atom. The van der Waals surface area contributed by atoms with E-state index in [2.05, 4.69) is 0 Å². The van der Waals surface area contributed by atoms with Crippen molar-refractivity contribution in [2.75, 3.05) is 13.2 Å². The number of fused-ring (bicyclic) bond motifs is 1. The zero-order chi connectivity index (χ0) is 20.8. The summed E-state index contributed by atoms with van der Waals surface area (Å²) in [6.07, 6.45) is -0.442.